The number of benzene rings is 13. The summed E-state index contributed by atoms with van der Waals surface area (Å²) in [5.74, 6) is 0. The largest absolute Gasteiger partial charge is 0.318 e. The molecule has 0 bridgehead atoms. The molecule has 0 saturated heterocycles. The van der Waals surface area contributed by atoms with E-state index in [4.69, 9.17) is 4.85 Å². The molecule has 5 heterocycles. The quantitative estimate of drug-likeness (QED) is 0.158. The van der Waals surface area contributed by atoms with Crippen molar-refractivity contribution in [3.63, 3.8) is 0 Å². The van der Waals surface area contributed by atoms with Crippen molar-refractivity contribution in [2.45, 2.75) is 0 Å². The molecule has 0 radical (unpaired) electrons. The third kappa shape index (κ3) is 5.98. The number of aromatic nitrogens is 4. The average Bonchev–Trinajstić information content (AvgIpc) is 2.21. The Balaban J connectivity index is 1.10. The van der Waals surface area contributed by atoms with Gasteiger partial charge < -0.3 is 18.3 Å². The Hall–Kier alpha value is -11.5. The highest BCUT2D eigenvalue weighted by molar-refractivity contribution is 7.26. The van der Waals surface area contributed by atoms with Crippen LogP contribution in [-0.4, -0.2) is 18.3 Å². The van der Waals surface area contributed by atoms with Gasteiger partial charge in [-0.2, -0.15) is 5.26 Å². The van der Waals surface area contributed by atoms with Crippen LogP contribution in [0.15, 0.2) is 255 Å². The second kappa shape index (κ2) is 17.0. The molecular weight excluding hydrogens is 1050 g/mol. The first-order valence-electron chi connectivity index (χ1n) is 28.7. The van der Waals surface area contributed by atoms with E-state index in [-0.39, 0.29) is 0 Å². The number of hydrogen-bond acceptors (Lipinski definition) is 2. The van der Waals surface area contributed by atoms with Gasteiger partial charge in [-0.25, -0.2) is 4.85 Å². The molecule has 0 spiro atoms. The zero-order valence-corrected chi connectivity index (χ0v) is 46.2. The van der Waals surface area contributed by atoms with Gasteiger partial charge in [0.05, 0.1) is 83.7 Å². The summed E-state index contributed by atoms with van der Waals surface area (Å²) < 4.78 is 11.7. The van der Waals surface area contributed by atoms with Crippen molar-refractivity contribution >= 4 is 135 Å². The van der Waals surface area contributed by atoms with Crippen molar-refractivity contribution < 1.29 is 0 Å². The van der Waals surface area contributed by atoms with Gasteiger partial charge in [0.1, 0.15) is 6.07 Å². The van der Waals surface area contributed by atoms with Gasteiger partial charge in [0, 0.05) is 58.6 Å². The number of rotatable bonds is 5. The van der Waals surface area contributed by atoms with Crippen LogP contribution in [-0.2, 0) is 0 Å². The summed E-state index contributed by atoms with van der Waals surface area (Å²) in [6.45, 7) is 9.98. The molecular formula is C78H42N6S. The fourth-order valence-electron chi connectivity index (χ4n) is 15.0. The summed E-state index contributed by atoms with van der Waals surface area (Å²) >= 11 is 1.80. The summed E-state index contributed by atoms with van der Waals surface area (Å²) in [6, 6.07) is 94.6. The first kappa shape index (κ1) is 46.2. The zero-order valence-electron chi connectivity index (χ0n) is 45.3. The van der Waals surface area contributed by atoms with E-state index >= 15 is 0 Å². The lowest BCUT2D eigenvalue weighted by Gasteiger charge is -2.27. The summed E-state index contributed by atoms with van der Waals surface area (Å²) in [7, 11) is 0. The van der Waals surface area contributed by atoms with Gasteiger partial charge in [-0.05, 0) is 92.7 Å². The predicted molar refractivity (Wildman–Crippen MR) is 355 cm³/mol. The molecule has 1 aliphatic carbocycles. The van der Waals surface area contributed by atoms with E-state index in [1.165, 1.54) is 43.1 Å². The number of nitrogens with zero attached hydrogens (tertiary/aromatic N) is 6. The van der Waals surface area contributed by atoms with Crippen LogP contribution in [0, 0.1) is 17.9 Å². The molecule has 0 saturated carbocycles. The fourth-order valence-corrected chi connectivity index (χ4v) is 16.2. The van der Waals surface area contributed by atoms with Crippen molar-refractivity contribution in [2.24, 2.45) is 0 Å². The molecule has 390 valence electrons. The van der Waals surface area contributed by atoms with Crippen LogP contribution >= 0.6 is 11.3 Å². The molecule has 19 rings (SSSR count). The number of thiophene rings is 1. The molecule has 1 aliphatic rings. The third-order valence-corrected chi connectivity index (χ3v) is 19.6. The number of para-hydroxylation sites is 6. The smallest absolute Gasteiger partial charge is 0.237 e. The first-order valence-corrected chi connectivity index (χ1v) is 29.5. The Morgan fingerprint density at radius 3 is 1.31 bits per heavy atom. The van der Waals surface area contributed by atoms with Crippen LogP contribution < -0.4 is 0 Å². The van der Waals surface area contributed by atoms with Crippen LogP contribution in [0.1, 0.15) is 5.56 Å². The second-order valence-electron chi connectivity index (χ2n) is 22.4. The lowest BCUT2D eigenvalue weighted by molar-refractivity contribution is 1.04. The highest BCUT2D eigenvalue weighted by atomic mass is 32.1. The summed E-state index contributed by atoms with van der Waals surface area (Å²) in [4.78, 5) is 4.87. The SMILES string of the molecule is [C-]#[N+]c1c(-n2c3ccccc3c3ccccc32)c(C#N)c(-n2c3ccccc3c3ccccc32)c(-n2c3cc(-c4ccc5c6c(cccc46)-c4ccccc4-5)ccc3c3ccc4c5ccccc5sc4c32)c1-n1c2ccccc2c2ccccc21. The predicted octanol–water partition coefficient (Wildman–Crippen LogP) is 21.3. The Labute approximate surface area is 489 Å². The molecule has 7 heteroatoms. The lowest BCUT2D eigenvalue weighted by atomic mass is 9.94. The van der Waals surface area contributed by atoms with E-state index in [1.807, 2.05) is 0 Å². The molecule has 5 aromatic heterocycles. The minimum Gasteiger partial charge on any atom is -0.318 e. The maximum atomic E-state index is 12.8. The number of hydrogen-bond donors (Lipinski definition) is 0. The molecule has 0 aliphatic heterocycles. The Morgan fingerprint density at radius 2 is 0.753 bits per heavy atom. The van der Waals surface area contributed by atoms with Gasteiger partial charge in [-0.1, -0.05) is 206 Å². The van der Waals surface area contributed by atoms with Crippen molar-refractivity contribution in [1.29, 1.82) is 5.26 Å². The molecule has 13 aromatic carbocycles. The minimum atomic E-state index is 0.357. The van der Waals surface area contributed by atoms with Crippen LogP contribution in [0.5, 0.6) is 0 Å². The highest BCUT2D eigenvalue weighted by Crippen LogP contribution is 2.55. The van der Waals surface area contributed by atoms with Gasteiger partial charge >= 0.3 is 0 Å². The van der Waals surface area contributed by atoms with Crippen LogP contribution in [0.3, 0.4) is 0 Å². The monoisotopic (exact) mass is 1090 g/mol. The fraction of sp³-hybridized carbons (Fsp3) is 0. The molecule has 6 nitrogen and oxygen atoms in total. The Bertz CT molecular complexity index is 5800. The van der Waals surface area contributed by atoms with Crippen LogP contribution in [0.2, 0.25) is 0 Å². The van der Waals surface area contributed by atoms with Crippen molar-refractivity contribution in [2.75, 3.05) is 0 Å². The molecule has 85 heavy (non-hydrogen) atoms. The zero-order chi connectivity index (χ0) is 55.8. The van der Waals surface area contributed by atoms with Crippen LogP contribution in [0.25, 0.3) is 179 Å². The second-order valence-corrected chi connectivity index (χ2v) is 23.4. The molecule has 0 N–H and O–H groups in total. The summed E-state index contributed by atoms with van der Waals surface area (Å²) in [5.41, 5.74) is 18.1. The van der Waals surface area contributed by atoms with Gasteiger partial charge in [0.25, 0.3) is 0 Å². The minimum absolute atomic E-state index is 0.357. The van der Waals surface area contributed by atoms with Crippen molar-refractivity contribution in [3.8, 4) is 62.2 Å². The van der Waals surface area contributed by atoms with E-state index in [1.54, 1.807) is 11.3 Å². The molecule has 18 aromatic rings. The van der Waals surface area contributed by atoms with E-state index < -0.39 is 0 Å². The average molecular weight is 1100 g/mol. The Morgan fingerprint density at radius 1 is 0.329 bits per heavy atom. The van der Waals surface area contributed by atoms with Gasteiger partial charge in [-0.3, -0.25) is 0 Å². The molecule has 0 amide bonds. The third-order valence-electron chi connectivity index (χ3n) is 18.4. The highest BCUT2D eigenvalue weighted by Gasteiger charge is 2.35. The van der Waals surface area contributed by atoms with E-state index in [0.29, 0.717) is 28.3 Å². The van der Waals surface area contributed by atoms with Crippen molar-refractivity contribution in [1.82, 2.24) is 18.3 Å². The van der Waals surface area contributed by atoms with Gasteiger partial charge in [-0.15, -0.1) is 11.3 Å². The summed E-state index contributed by atoms with van der Waals surface area (Å²) in [5, 5.41) is 26.0. The maximum absolute atomic E-state index is 12.8. The lowest BCUT2D eigenvalue weighted by Crippen LogP contribution is -2.14. The topological polar surface area (TPSA) is 47.9 Å². The van der Waals surface area contributed by atoms with E-state index in [9.17, 15) is 11.8 Å². The van der Waals surface area contributed by atoms with Gasteiger partial charge in [0.15, 0.2) is 0 Å². The first-order chi connectivity index (χ1) is 42.2. The molecule has 0 atom stereocenters. The summed E-state index contributed by atoms with van der Waals surface area (Å²) in [6.07, 6.45) is 0. The number of fused-ring (bicyclic) bond motifs is 19. The molecule has 0 fully saturated rings. The van der Waals surface area contributed by atoms with Gasteiger partial charge in [0.2, 0.25) is 5.69 Å². The van der Waals surface area contributed by atoms with E-state index in [0.717, 1.165) is 114 Å². The standard InChI is InChI=1S/C78H42N6S/c1-80-72-73(81-63-30-11-4-21-49(63)50-22-5-12-31-64(50)81)62(44-79)74(82-65-32-13-6-23-51(65)52-24-7-14-33-66(52)82)77(76(72)83-67-34-15-8-25-53(67)54-26-9-16-35-68(54)83)84-69-43-45(46-39-40-59-48-20-3-2-19-47(48)58-29-18-28-57(46)71(58)59)37-38-55(69)60-41-42-61-56-27-10-17-36-70(56)85-78(61)75(60)84/h2-43H. The maximum Gasteiger partial charge on any atom is 0.237 e. The molecule has 0 unspecified atom stereocenters. The normalized spacial score (nSPS) is 12.2. The van der Waals surface area contributed by atoms with Crippen LogP contribution in [0.4, 0.5) is 5.69 Å². The van der Waals surface area contributed by atoms with E-state index in [2.05, 4.69) is 279 Å². The number of nitriles is 1. The Kier molecular flexibility index (Phi) is 9.26. The van der Waals surface area contributed by atoms with Crippen molar-refractivity contribution in [3.05, 3.63) is 272 Å².